The third-order valence-corrected chi connectivity index (χ3v) is 3.71. The first-order chi connectivity index (χ1) is 11.2. The fourth-order valence-corrected chi connectivity index (χ4v) is 2.70. The molecule has 0 fully saturated rings. The van der Waals surface area contributed by atoms with Crippen LogP contribution < -0.4 is 0 Å². The summed E-state index contributed by atoms with van der Waals surface area (Å²) in [5.41, 5.74) is 1.97. The molecule has 0 saturated heterocycles. The second-order valence-corrected chi connectivity index (χ2v) is 6.60. The Hall–Kier alpha value is -2.25. The summed E-state index contributed by atoms with van der Waals surface area (Å²) in [4.78, 5) is 12.5. The van der Waals surface area contributed by atoms with Gasteiger partial charge in [0, 0.05) is 49.6 Å². The highest BCUT2D eigenvalue weighted by Crippen LogP contribution is 2.25. The average Bonchev–Trinajstić information content (AvgIpc) is 2.85. The summed E-state index contributed by atoms with van der Waals surface area (Å²) >= 11 is 0. The van der Waals surface area contributed by atoms with Crippen LogP contribution in [0.3, 0.4) is 0 Å². The number of aromatic nitrogens is 2. The van der Waals surface area contributed by atoms with Gasteiger partial charge in [-0.25, -0.2) is 0 Å². The molecule has 0 bridgehead atoms. The summed E-state index contributed by atoms with van der Waals surface area (Å²) in [6.45, 7) is 7.64. The minimum atomic E-state index is -0.772. The summed E-state index contributed by atoms with van der Waals surface area (Å²) in [6, 6.07) is 6.41. The van der Waals surface area contributed by atoms with E-state index in [2.05, 4.69) is 10.00 Å². The molecule has 7 heteroatoms. The lowest BCUT2D eigenvalue weighted by molar-refractivity contribution is -0.384. The van der Waals surface area contributed by atoms with Crippen LogP contribution >= 0.6 is 0 Å². The molecule has 1 aromatic carbocycles. The van der Waals surface area contributed by atoms with E-state index in [4.69, 9.17) is 0 Å². The van der Waals surface area contributed by atoms with Crippen molar-refractivity contribution in [1.29, 1.82) is 0 Å². The molecule has 0 unspecified atom stereocenters. The van der Waals surface area contributed by atoms with E-state index in [1.54, 1.807) is 30.7 Å². The quantitative estimate of drug-likeness (QED) is 0.622. The smallest absolute Gasteiger partial charge is 0.269 e. The molecule has 1 aromatic heterocycles. The Morgan fingerprint density at radius 2 is 1.96 bits per heavy atom. The molecule has 130 valence electrons. The highest BCUT2D eigenvalue weighted by atomic mass is 16.6. The van der Waals surface area contributed by atoms with Crippen LogP contribution in [0.25, 0.3) is 11.3 Å². The Balaban J connectivity index is 2.28. The highest BCUT2D eigenvalue weighted by molar-refractivity contribution is 5.64. The number of benzene rings is 1. The Kier molecular flexibility index (Phi) is 5.36. The van der Waals surface area contributed by atoms with Gasteiger partial charge in [0.05, 0.1) is 16.2 Å². The summed E-state index contributed by atoms with van der Waals surface area (Å²) in [5.74, 6) is 0. The van der Waals surface area contributed by atoms with Gasteiger partial charge in [-0.1, -0.05) is 6.92 Å². The third-order valence-electron chi connectivity index (χ3n) is 3.71. The predicted molar refractivity (Wildman–Crippen MR) is 92.5 cm³/mol. The minimum absolute atomic E-state index is 0.0634. The van der Waals surface area contributed by atoms with E-state index in [-0.39, 0.29) is 5.69 Å². The van der Waals surface area contributed by atoms with Gasteiger partial charge in [0.1, 0.15) is 0 Å². The Morgan fingerprint density at radius 3 is 2.46 bits per heavy atom. The zero-order valence-corrected chi connectivity index (χ0v) is 14.6. The number of non-ortho nitro benzene ring substituents is 1. The molecule has 2 aromatic rings. The van der Waals surface area contributed by atoms with Gasteiger partial charge in [0.15, 0.2) is 0 Å². The number of rotatable bonds is 7. The summed E-state index contributed by atoms with van der Waals surface area (Å²) < 4.78 is 1.74. The largest absolute Gasteiger partial charge is 0.389 e. The molecule has 0 atom stereocenters. The van der Waals surface area contributed by atoms with Crippen molar-refractivity contribution in [1.82, 2.24) is 14.7 Å². The second-order valence-electron chi connectivity index (χ2n) is 6.60. The average molecular weight is 332 g/mol. The first-order valence-corrected chi connectivity index (χ1v) is 7.91. The number of hydrogen-bond acceptors (Lipinski definition) is 5. The van der Waals surface area contributed by atoms with Crippen LogP contribution in [0.1, 0.15) is 26.3 Å². The van der Waals surface area contributed by atoms with Crippen molar-refractivity contribution in [2.75, 3.05) is 13.1 Å². The van der Waals surface area contributed by atoms with Gasteiger partial charge in [0.25, 0.3) is 5.69 Å². The molecule has 24 heavy (non-hydrogen) atoms. The molecular formula is C17H24N4O3. The predicted octanol–water partition coefficient (Wildman–Crippen LogP) is 2.59. The fraction of sp³-hybridized carbons (Fsp3) is 0.471. The van der Waals surface area contributed by atoms with Crippen LogP contribution in [0.15, 0.2) is 30.5 Å². The second kappa shape index (κ2) is 7.11. The number of nitro groups is 1. The molecule has 0 saturated carbocycles. The molecule has 1 N–H and O–H groups in total. The van der Waals surface area contributed by atoms with E-state index in [9.17, 15) is 15.2 Å². The molecule has 2 rings (SSSR count). The first-order valence-electron chi connectivity index (χ1n) is 7.91. The van der Waals surface area contributed by atoms with Crippen molar-refractivity contribution in [2.45, 2.75) is 32.9 Å². The zero-order valence-electron chi connectivity index (χ0n) is 14.6. The van der Waals surface area contributed by atoms with E-state index in [1.807, 2.05) is 20.2 Å². The van der Waals surface area contributed by atoms with Gasteiger partial charge in [-0.2, -0.15) is 5.10 Å². The number of nitro benzene ring substituents is 1. The normalized spacial score (nSPS) is 11.9. The molecule has 0 aliphatic rings. The van der Waals surface area contributed by atoms with Crippen LogP contribution in [0.5, 0.6) is 0 Å². The third kappa shape index (κ3) is 4.62. The first kappa shape index (κ1) is 18.1. The monoisotopic (exact) mass is 332 g/mol. The number of hydrogen-bond donors (Lipinski definition) is 1. The standard InChI is InChI=1S/C17H24N4O3/c1-5-20(12-17(2,3)22)11-14-10-19(4)18-16(14)13-6-8-15(9-7-13)21(23)24/h6-10,22H,5,11-12H2,1-4H3. The molecular weight excluding hydrogens is 308 g/mol. The number of aliphatic hydroxyl groups is 1. The SMILES string of the molecule is CCN(Cc1cn(C)nc1-c1ccc([N+](=O)[O-])cc1)CC(C)(C)O. The van der Waals surface area contributed by atoms with Crippen LogP contribution in [0.4, 0.5) is 5.69 Å². The molecule has 1 heterocycles. The van der Waals surface area contributed by atoms with Gasteiger partial charge in [0.2, 0.25) is 0 Å². The maximum absolute atomic E-state index is 10.8. The van der Waals surface area contributed by atoms with Crippen molar-refractivity contribution in [3.05, 3.63) is 46.1 Å². The van der Waals surface area contributed by atoms with Crippen molar-refractivity contribution in [3.63, 3.8) is 0 Å². The summed E-state index contributed by atoms with van der Waals surface area (Å²) in [7, 11) is 1.85. The fourth-order valence-electron chi connectivity index (χ4n) is 2.70. The maximum atomic E-state index is 10.8. The number of aryl methyl sites for hydroxylation is 1. The van der Waals surface area contributed by atoms with Gasteiger partial charge >= 0.3 is 0 Å². The Morgan fingerprint density at radius 1 is 1.33 bits per heavy atom. The lowest BCUT2D eigenvalue weighted by Crippen LogP contribution is -2.38. The molecule has 0 spiro atoms. The topological polar surface area (TPSA) is 84.4 Å². The van der Waals surface area contributed by atoms with E-state index in [1.165, 1.54) is 12.1 Å². The van der Waals surface area contributed by atoms with E-state index in [0.29, 0.717) is 13.1 Å². The van der Waals surface area contributed by atoms with Crippen LogP contribution in [-0.2, 0) is 13.6 Å². The van der Waals surface area contributed by atoms with Crippen LogP contribution in [-0.4, -0.2) is 43.4 Å². The minimum Gasteiger partial charge on any atom is -0.389 e. The van der Waals surface area contributed by atoms with E-state index >= 15 is 0 Å². The lowest BCUT2D eigenvalue weighted by Gasteiger charge is -2.27. The number of likely N-dealkylation sites (N-methyl/N-ethyl adjacent to an activating group) is 1. The molecule has 0 amide bonds. The Labute approximate surface area is 141 Å². The van der Waals surface area contributed by atoms with Crippen LogP contribution in [0.2, 0.25) is 0 Å². The van der Waals surface area contributed by atoms with Gasteiger partial charge in [-0.3, -0.25) is 19.7 Å². The molecule has 0 aliphatic carbocycles. The molecule has 0 radical (unpaired) electrons. The highest BCUT2D eigenvalue weighted by Gasteiger charge is 2.20. The zero-order chi connectivity index (χ0) is 17.9. The lowest BCUT2D eigenvalue weighted by atomic mass is 10.1. The maximum Gasteiger partial charge on any atom is 0.269 e. The van der Waals surface area contributed by atoms with Gasteiger partial charge in [-0.05, 0) is 32.5 Å². The van der Waals surface area contributed by atoms with Gasteiger partial charge in [-0.15, -0.1) is 0 Å². The van der Waals surface area contributed by atoms with Crippen molar-refractivity contribution >= 4 is 5.69 Å². The van der Waals surface area contributed by atoms with Crippen molar-refractivity contribution < 1.29 is 10.0 Å². The molecule has 7 nitrogen and oxygen atoms in total. The number of nitrogens with zero attached hydrogens (tertiary/aromatic N) is 4. The van der Waals surface area contributed by atoms with E-state index in [0.717, 1.165) is 23.4 Å². The van der Waals surface area contributed by atoms with Crippen molar-refractivity contribution in [3.8, 4) is 11.3 Å². The summed E-state index contributed by atoms with van der Waals surface area (Å²) in [6.07, 6.45) is 1.95. The molecule has 0 aliphatic heterocycles. The van der Waals surface area contributed by atoms with Crippen LogP contribution in [0, 0.1) is 10.1 Å². The Bertz CT molecular complexity index is 702. The van der Waals surface area contributed by atoms with Gasteiger partial charge < -0.3 is 5.11 Å². The van der Waals surface area contributed by atoms with Crippen molar-refractivity contribution in [2.24, 2.45) is 7.05 Å². The van der Waals surface area contributed by atoms with E-state index < -0.39 is 10.5 Å². The summed E-state index contributed by atoms with van der Waals surface area (Å²) in [5, 5.41) is 25.3.